The highest BCUT2D eigenvalue weighted by molar-refractivity contribution is 7.15. The zero-order chi connectivity index (χ0) is 13.1. The summed E-state index contributed by atoms with van der Waals surface area (Å²) in [6.45, 7) is 4.90. The Labute approximate surface area is 112 Å². The van der Waals surface area contributed by atoms with Gasteiger partial charge in [0.1, 0.15) is 5.75 Å². The first-order valence-corrected chi connectivity index (χ1v) is 6.73. The summed E-state index contributed by atoms with van der Waals surface area (Å²) in [6, 6.07) is 6.24. The number of hydrogen-bond acceptors (Lipinski definition) is 4. The fourth-order valence-electron chi connectivity index (χ4n) is 1.97. The van der Waals surface area contributed by atoms with Crippen molar-refractivity contribution in [2.24, 2.45) is 0 Å². The maximum atomic E-state index is 5.46. The predicted octanol–water partition coefficient (Wildman–Crippen LogP) is 3.15. The number of nitrogens with one attached hydrogen (secondary N) is 1. The van der Waals surface area contributed by atoms with E-state index in [1.807, 2.05) is 20.0 Å². The van der Waals surface area contributed by atoms with Gasteiger partial charge in [0.25, 0.3) is 0 Å². The van der Waals surface area contributed by atoms with Crippen molar-refractivity contribution in [1.82, 2.24) is 10.3 Å². The molecule has 18 heavy (non-hydrogen) atoms. The average Bonchev–Trinajstić information content (AvgIpc) is 2.71. The quantitative estimate of drug-likeness (QED) is 0.919. The molecule has 0 spiro atoms. The number of methoxy groups -OCH3 is 1. The summed E-state index contributed by atoms with van der Waals surface area (Å²) >= 11 is 1.71. The van der Waals surface area contributed by atoms with Gasteiger partial charge in [-0.15, -0.1) is 11.3 Å². The van der Waals surface area contributed by atoms with E-state index in [2.05, 4.69) is 29.4 Å². The summed E-state index contributed by atoms with van der Waals surface area (Å²) in [7, 11) is 3.64. The van der Waals surface area contributed by atoms with Crippen molar-refractivity contribution in [3.63, 3.8) is 0 Å². The minimum atomic E-state index is 0.775. The number of benzene rings is 1. The molecule has 0 amide bonds. The van der Waals surface area contributed by atoms with E-state index in [1.165, 1.54) is 10.4 Å². The number of aromatic nitrogens is 1. The third kappa shape index (κ3) is 2.54. The molecule has 0 atom stereocenters. The zero-order valence-electron chi connectivity index (χ0n) is 11.2. The summed E-state index contributed by atoms with van der Waals surface area (Å²) in [5, 5.41) is 4.25. The van der Waals surface area contributed by atoms with Crippen molar-refractivity contribution in [2.75, 3.05) is 14.2 Å². The molecule has 1 heterocycles. The summed E-state index contributed by atoms with van der Waals surface area (Å²) < 4.78 is 5.46. The molecule has 0 fully saturated rings. The van der Waals surface area contributed by atoms with Crippen molar-refractivity contribution in [3.05, 3.63) is 34.5 Å². The van der Waals surface area contributed by atoms with Gasteiger partial charge in [0.05, 0.1) is 22.7 Å². The van der Waals surface area contributed by atoms with Gasteiger partial charge in [-0.1, -0.05) is 11.6 Å². The highest BCUT2D eigenvalue weighted by Crippen LogP contribution is 2.37. The average molecular weight is 262 g/mol. The molecule has 0 bridgehead atoms. The standard InChI is InChI=1S/C14H18N2OS/c1-9-5-6-13(17-4)11(7-9)14-12(8-15-3)16-10(2)18-14/h5-7,15H,8H2,1-4H3. The SMILES string of the molecule is CNCc1nc(C)sc1-c1cc(C)ccc1OC. The van der Waals surface area contributed by atoms with Crippen molar-refractivity contribution in [3.8, 4) is 16.2 Å². The molecule has 0 aliphatic rings. The largest absolute Gasteiger partial charge is 0.496 e. The first-order chi connectivity index (χ1) is 8.65. The van der Waals surface area contributed by atoms with E-state index >= 15 is 0 Å². The molecule has 0 aliphatic carbocycles. The predicted molar refractivity (Wildman–Crippen MR) is 76.3 cm³/mol. The highest BCUT2D eigenvalue weighted by atomic mass is 32.1. The molecule has 3 nitrogen and oxygen atoms in total. The van der Waals surface area contributed by atoms with E-state index < -0.39 is 0 Å². The topological polar surface area (TPSA) is 34.2 Å². The van der Waals surface area contributed by atoms with Gasteiger partial charge in [0, 0.05) is 12.1 Å². The van der Waals surface area contributed by atoms with Crippen LogP contribution < -0.4 is 10.1 Å². The molecule has 1 aromatic heterocycles. The van der Waals surface area contributed by atoms with E-state index in [4.69, 9.17) is 4.74 Å². The fraction of sp³-hybridized carbons (Fsp3) is 0.357. The van der Waals surface area contributed by atoms with Gasteiger partial charge in [0.2, 0.25) is 0 Å². The summed E-state index contributed by atoms with van der Waals surface area (Å²) in [5.41, 5.74) is 3.45. The summed E-state index contributed by atoms with van der Waals surface area (Å²) in [5.74, 6) is 0.904. The highest BCUT2D eigenvalue weighted by Gasteiger charge is 2.14. The number of aryl methyl sites for hydroxylation is 2. The van der Waals surface area contributed by atoms with Crippen LogP contribution in [0.2, 0.25) is 0 Å². The molecule has 0 radical (unpaired) electrons. The number of nitrogens with zero attached hydrogens (tertiary/aromatic N) is 1. The van der Waals surface area contributed by atoms with Gasteiger partial charge in [0.15, 0.2) is 0 Å². The van der Waals surface area contributed by atoms with Crippen molar-refractivity contribution in [2.45, 2.75) is 20.4 Å². The Hall–Kier alpha value is -1.39. The fourth-order valence-corrected chi connectivity index (χ4v) is 2.92. The van der Waals surface area contributed by atoms with Crippen molar-refractivity contribution < 1.29 is 4.74 Å². The van der Waals surface area contributed by atoms with Crippen molar-refractivity contribution >= 4 is 11.3 Å². The van der Waals surface area contributed by atoms with E-state index in [-0.39, 0.29) is 0 Å². The Balaban J connectivity index is 2.56. The summed E-state index contributed by atoms with van der Waals surface area (Å²) in [4.78, 5) is 5.78. The molecule has 1 N–H and O–H groups in total. The molecule has 96 valence electrons. The molecule has 1 aromatic carbocycles. The number of thiazole rings is 1. The van der Waals surface area contributed by atoms with Crippen molar-refractivity contribution in [1.29, 1.82) is 0 Å². The number of ether oxygens (including phenoxy) is 1. The van der Waals surface area contributed by atoms with Gasteiger partial charge in [-0.25, -0.2) is 4.98 Å². The maximum Gasteiger partial charge on any atom is 0.127 e. The zero-order valence-corrected chi connectivity index (χ0v) is 12.0. The van der Waals surface area contributed by atoms with Crippen LogP contribution in [-0.2, 0) is 6.54 Å². The smallest absolute Gasteiger partial charge is 0.127 e. The molecular formula is C14H18N2OS. The number of rotatable bonds is 4. The first-order valence-electron chi connectivity index (χ1n) is 5.91. The van der Waals surface area contributed by atoms with Crippen LogP contribution in [0.4, 0.5) is 0 Å². The van der Waals surface area contributed by atoms with Gasteiger partial charge >= 0.3 is 0 Å². The third-order valence-corrected chi connectivity index (χ3v) is 3.79. The Morgan fingerprint density at radius 2 is 2.11 bits per heavy atom. The number of hydrogen-bond donors (Lipinski definition) is 1. The van der Waals surface area contributed by atoms with Crippen LogP contribution in [0.15, 0.2) is 18.2 Å². The second kappa shape index (κ2) is 5.50. The lowest BCUT2D eigenvalue weighted by atomic mass is 10.1. The van der Waals surface area contributed by atoms with Crippen LogP contribution in [0.3, 0.4) is 0 Å². The van der Waals surface area contributed by atoms with Crippen LogP contribution in [0.1, 0.15) is 16.3 Å². The Morgan fingerprint density at radius 3 is 2.78 bits per heavy atom. The molecule has 4 heteroatoms. The second-order valence-electron chi connectivity index (χ2n) is 4.24. The van der Waals surface area contributed by atoms with E-state index in [0.29, 0.717) is 0 Å². The minimum Gasteiger partial charge on any atom is -0.496 e. The molecule has 0 unspecified atom stereocenters. The molecule has 0 saturated carbocycles. The van der Waals surface area contributed by atoms with Crippen LogP contribution in [0.25, 0.3) is 10.4 Å². The second-order valence-corrected chi connectivity index (χ2v) is 5.45. The monoisotopic (exact) mass is 262 g/mol. The minimum absolute atomic E-state index is 0.775. The van der Waals surface area contributed by atoms with Crippen LogP contribution in [0.5, 0.6) is 5.75 Å². The Kier molecular flexibility index (Phi) is 3.99. The van der Waals surface area contributed by atoms with Gasteiger partial charge in [-0.2, -0.15) is 0 Å². The lowest BCUT2D eigenvalue weighted by molar-refractivity contribution is 0.416. The molecule has 2 rings (SSSR count). The third-order valence-electron chi connectivity index (χ3n) is 2.75. The normalized spacial score (nSPS) is 10.7. The maximum absolute atomic E-state index is 5.46. The Bertz CT molecular complexity index is 549. The molecular weight excluding hydrogens is 244 g/mol. The van der Waals surface area contributed by atoms with Gasteiger partial charge in [-0.05, 0) is 33.0 Å². The molecule has 2 aromatic rings. The van der Waals surface area contributed by atoms with Crippen LogP contribution in [0, 0.1) is 13.8 Å². The van der Waals surface area contributed by atoms with E-state index in [0.717, 1.165) is 28.6 Å². The summed E-state index contributed by atoms with van der Waals surface area (Å²) in [6.07, 6.45) is 0. The lowest BCUT2D eigenvalue weighted by Crippen LogP contribution is -2.06. The van der Waals surface area contributed by atoms with E-state index in [9.17, 15) is 0 Å². The van der Waals surface area contributed by atoms with Crippen LogP contribution >= 0.6 is 11.3 Å². The van der Waals surface area contributed by atoms with Crippen LogP contribution in [-0.4, -0.2) is 19.1 Å². The van der Waals surface area contributed by atoms with Gasteiger partial charge in [-0.3, -0.25) is 0 Å². The van der Waals surface area contributed by atoms with Gasteiger partial charge < -0.3 is 10.1 Å². The first kappa shape index (κ1) is 13.1. The molecule has 0 aliphatic heterocycles. The van der Waals surface area contributed by atoms with E-state index in [1.54, 1.807) is 18.4 Å². The molecule has 0 saturated heterocycles. The lowest BCUT2D eigenvalue weighted by Gasteiger charge is -2.09. The Morgan fingerprint density at radius 1 is 1.33 bits per heavy atom.